The van der Waals surface area contributed by atoms with Crippen LogP contribution in [0, 0.1) is 6.57 Å². The van der Waals surface area contributed by atoms with Gasteiger partial charge >= 0.3 is 13.0 Å². The highest BCUT2D eigenvalue weighted by molar-refractivity contribution is 7.59. The second-order valence-corrected chi connectivity index (χ2v) is 4.91. The summed E-state index contributed by atoms with van der Waals surface area (Å²) in [5.74, 6) is 0. The van der Waals surface area contributed by atoms with Gasteiger partial charge in [-0.1, -0.05) is 23.2 Å². The van der Waals surface area contributed by atoms with E-state index in [0.717, 1.165) is 0 Å². The highest BCUT2D eigenvalue weighted by atomic mass is 35.5. The van der Waals surface area contributed by atoms with Gasteiger partial charge in [0.25, 0.3) is 0 Å². The van der Waals surface area contributed by atoms with Crippen LogP contribution < -0.4 is 0 Å². The van der Waals surface area contributed by atoms with Gasteiger partial charge in [-0.3, -0.25) is 4.57 Å². The third-order valence-electron chi connectivity index (χ3n) is 1.13. The third kappa shape index (κ3) is 3.61. The largest absolute Gasteiger partial charge is 0.366 e. The Morgan fingerprint density at radius 2 is 1.79 bits per heavy atom. The molecule has 0 saturated carbocycles. The lowest BCUT2D eigenvalue weighted by molar-refractivity contribution is 0.227. The van der Waals surface area contributed by atoms with Crippen LogP contribution in [0.1, 0.15) is 13.8 Å². The molecule has 0 aromatic carbocycles. The SMILES string of the molecule is [C-]#[N+]C(=C(Cl)Cl)P(=O)(OCC)OCC. The summed E-state index contributed by atoms with van der Waals surface area (Å²) in [6.07, 6.45) is 0. The number of hydrogen-bond donors (Lipinski definition) is 0. The van der Waals surface area contributed by atoms with E-state index in [1.165, 1.54) is 0 Å². The van der Waals surface area contributed by atoms with Crippen LogP contribution in [0.4, 0.5) is 0 Å². The summed E-state index contributed by atoms with van der Waals surface area (Å²) in [6.45, 7) is 10.3. The van der Waals surface area contributed by atoms with E-state index in [1.807, 2.05) is 0 Å². The van der Waals surface area contributed by atoms with E-state index in [1.54, 1.807) is 13.8 Å². The zero-order chi connectivity index (χ0) is 11.2. The van der Waals surface area contributed by atoms with Crippen molar-refractivity contribution in [2.24, 2.45) is 0 Å². The Labute approximate surface area is 93.1 Å². The average Bonchev–Trinajstić information content (AvgIpc) is 2.04. The molecule has 0 N–H and O–H groups in total. The highest BCUT2D eigenvalue weighted by Crippen LogP contribution is 2.58. The smallest absolute Gasteiger partial charge is 0.313 e. The summed E-state index contributed by atoms with van der Waals surface area (Å²) in [5, 5.41) is 0. The van der Waals surface area contributed by atoms with E-state index in [-0.39, 0.29) is 23.1 Å². The summed E-state index contributed by atoms with van der Waals surface area (Å²) in [6, 6.07) is 0. The van der Waals surface area contributed by atoms with E-state index < -0.39 is 7.60 Å². The van der Waals surface area contributed by atoms with Crippen molar-refractivity contribution in [3.63, 3.8) is 0 Å². The van der Waals surface area contributed by atoms with E-state index >= 15 is 0 Å². The standard InChI is InChI=1S/C7H10Cl2NO3P/c1-4-12-14(11,13-5-2)7(10-3)6(8)9/h4-5H2,1-2H3. The summed E-state index contributed by atoms with van der Waals surface area (Å²) < 4.78 is 21.3. The summed E-state index contributed by atoms with van der Waals surface area (Å²) in [7, 11) is -3.62. The second-order valence-electron chi connectivity index (χ2n) is 2.03. The molecular formula is C7H10Cl2NO3P. The quantitative estimate of drug-likeness (QED) is 0.556. The van der Waals surface area contributed by atoms with Crippen LogP contribution in [0.15, 0.2) is 9.93 Å². The molecule has 0 aliphatic heterocycles. The molecule has 0 aromatic heterocycles. The first kappa shape index (κ1) is 14.0. The minimum atomic E-state index is -3.62. The molecule has 0 heterocycles. The van der Waals surface area contributed by atoms with Crippen molar-refractivity contribution in [1.82, 2.24) is 0 Å². The Balaban J connectivity index is 5.11. The fourth-order valence-electron chi connectivity index (χ4n) is 0.706. The molecule has 80 valence electrons. The zero-order valence-electron chi connectivity index (χ0n) is 7.79. The van der Waals surface area contributed by atoms with E-state index in [9.17, 15) is 4.57 Å². The normalized spacial score (nSPS) is 10.8. The molecule has 0 aliphatic rings. The molecule has 0 saturated heterocycles. The van der Waals surface area contributed by atoms with Crippen LogP contribution in [-0.4, -0.2) is 13.2 Å². The third-order valence-corrected chi connectivity index (χ3v) is 3.79. The fourth-order valence-corrected chi connectivity index (χ4v) is 2.74. The van der Waals surface area contributed by atoms with E-state index in [4.69, 9.17) is 38.8 Å². The summed E-state index contributed by atoms with van der Waals surface area (Å²) in [5.41, 5.74) is -0.371. The Kier molecular flexibility index (Phi) is 6.43. The molecule has 0 bridgehead atoms. The molecule has 0 radical (unpaired) electrons. The van der Waals surface area contributed by atoms with Crippen LogP contribution in [0.2, 0.25) is 0 Å². The lowest BCUT2D eigenvalue weighted by atomic mass is 10.9. The molecule has 7 heteroatoms. The van der Waals surface area contributed by atoms with Crippen molar-refractivity contribution in [1.29, 1.82) is 0 Å². The van der Waals surface area contributed by atoms with Crippen molar-refractivity contribution in [3.8, 4) is 0 Å². The first-order valence-corrected chi connectivity index (χ1v) is 6.14. The molecule has 4 nitrogen and oxygen atoms in total. The molecule has 0 atom stereocenters. The molecule has 14 heavy (non-hydrogen) atoms. The Morgan fingerprint density at radius 1 is 1.36 bits per heavy atom. The predicted molar refractivity (Wildman–Crippen MR) is 56.2 cm³/mol. The maximum atomic E-state index is 11.9. The minimum Gasteiger partial charge on any atom is -0.313 e. The summed E-state index contributed by atoms with van der Waals surface area (Å²) >= 11 is 10.8. The summed E-state index contributed by atoms with van der Waals surface area (Å²) in [4.78, 5) is 2.95. The van der Waals surface area contributed by atoms with Gasteiger partial charge in [-0.2, -0.15) is 0 Å². The molecule has 0 fully saturated rings. The molecule has 0 amide bonds. The average molecular weight is 258 g/mol. The van der Waals surface area contributed by atoms with Crippen molar-refractivity contribution >= 4 is 30.8 Å². The van der Waals surface area contributed by atoms with Crippen LogP contribution in [0.5, 0.6) is 0 Å². The first-order valence-electron chi connectivity index (χ1n) is 3.84. The fraction of sp³-hybridized carbons (Fsp3) is 0.571. The number of halogens is 2. The lowest BCUT2D eigenvalue weighted by Gasteiger charge is -2.15. The van der Waals surface area contributed by atoms with Crippen molar-refractivity contribution in [2.75, 3.05) is 13.2 Å². The van der Waals surface area contributed by atoms with Gasteiger partial charge in [0.15, 0.2) is 0 Å². The van der Waals surface area contributed by atoms with Gasteiger partial charge in [-0.25, -0.2) is 4.85 Å². The topological polar surface area (TPSA) is 39.9 Å². The monoisotopic (exact) mass is 257 g/mol. The maximum absolute atomic E-state index is 11.9. The van der Waals surface area contributed by atoms with Crippen LogP contribution >= 0.6 is 30.8 Å². The lowest BCUT2D eigenvalue weighted by Crippen LogP contribution is -1.97. The van der Waals surface area contributed by atoms with Crippen LogP contribution in [0.25, 0.3) is 4.85 Å². The number of nitrogens with zero attached hydrogens (tertiary/aromatic N) is 1. The van der Waals surface area contributed by atoms with Gasteiger partial charge in [-0.05, 0) is 13.8 Å². The van der Waals surface area contributed by atoms with Gasteiger partial charge < -0.3 is 9.05 Å². The van der Waals surface area contributed by atoms with Crippen molar-refractivity contribution < 1.29 is 13.6 Å². The van der Waals surface area contributed by atoms with Gasteiger partial charge in [-0.15, -0.1) is 0 Å². The van der Waals surface area contributed by atoms with E-state index in [2.05, 4.69) is 4.85 Å². The molecule has 0 aliphatic carbocycles. The molecule has 0 aromatic rings. The van der Waals surface area contributed by atoms with Crippen LogP contribution in [-0.2, 0) is 13.6 Å². The molecule has 0 spiro atoms. The van der Waals surface area contributed by atoms with Gasteiger partial charge in [0.05, 0.1) is 19.8 Å². The number of hydrogen-bond acceptors (Lipinski definition) is 3. The van der Waals surface area contributed by atoms with Gasteiger partial charge in [0.1, 0.15) is 4.49 Å². The molecule has 0 rings (SSSR count). The predicted octanol–water partition coefficient (Wildman–Crippen LogP) is 3.78. The highest BCUT2D eigenvalue weighted by Gasteiger charge is 2.33. The Morgan fingerprint density at radius 3 is 2.00 bits per heavy atom. The van der Waals surface area contributed by atoms with Crippen molar-refractivity contribution in [2.45, 2.75) is 13.8 Å². The van der Waals surface area contributed by atoms with Gasteiger partial charge in [0, 0.05) is 0 Å². The van der Waals surface area contributed by atoms with Crippen LogP contribution in [0.3, 0.4) is 0 Å². The van der Waals surface area contributed by atoms with Gasteiger partial charge in [0.2, 0.25) is 0 Å². The molecular weight excluding hydrogens is 248 g/mol. The Hall–Kier alpha value is -0.0400. The van der Waals surface area contributed by atoms with Crippen molar-refractivity contribution in [3.05, 3.63) is 21.3 Å². The Bertz CT molecular complexity index is 297. The maximum Gasteiger partial charge on any atom is 0.366 e. The molecule has 0 unspecified atom stereocenters. The minimum absolute atomic E-state index is 0.150. The second kappa shape index (κ2) is 6.44. The van der Waals surface area contributed by atoms with E-state index in [0.29, 0.717) is 0 Å². The number of rotatable bonds is 5. The first-order chi connectivity index (χ1) is 6.51. The zero-order valence-corrected chi connectivity index (χ0v) is 10.2.